The van der Waals surface area contributed by atoms with Crippen molar-refractivity contribution >= 4 is 6.03 Å². The molecule has 0 aromatic heterocycles. The van der Waals surface area contributed by atoms with E-state index in [2.05, 4.69) is 35.1 Å². The largest absolute Gasteiger partial charge is 0.350 e. The number of amides is 2. The maximum Gasteiger partial charge on any atom is 0.339 e. The van der Waals surface area contributed by atoms with Gasteiger partial charge in [0.2, 0.25) is 0 Å². The highest BCUT2D eigenvalue weighted by Crippen LogP contribution is 2.36. The molecule has 0 radical (unpaired) electrons. The zero-order valence-corrected chi connectivity index (χ0v) is 12.1. The number of rotatable bonds is 4. The molecule has 2 amide bonds. The molecule has 114 valence electrons. The van der Waals surface area contributed by atoms with Crippen molar-refractivity contribution in [2.24, 2.45) is 0 Å². The summed E-state index contributed by atoms with van der Waals surface area (Å²) in [7, 11) is 0. The third-order valence-corrected chi connectivity index (χ3v) is 4.17. The third-order valence-electron chi connectivity index (χ3n) is 4.17. The molecule has 1 heterocycles. The lowest BCUT2D eigenvalue weighted by Gasteiger charge is -2.36. The lowest BCUT2D eigenvalue weighted by Crippen LogP contribution is -2.48. The fourth-order valence-corrected chi connectivity index (χ4v) is 2.87. The monoisotopic (exact) mass is 290 g/mol. The summed E-state index contributed by atoms with van der Waals surface area (Å²) < 4.78 is 5.38. The number of carbonyl (C=O) groups is 1. The molecule has 2 N–H and O–H groups in total. The van der Waals surface area contributed by atoms with Crippen LogP contribution in [0.15, 0.2) is 30.3 Å². The van der Waals surface area contributed by atoms with E-state index in [1.54, 1.807) is 0 Å². The van der Waals surface area contributed by atoms with Crippen LogP contribution in [0.25, 0.3) is 0 Å². The summed E-state index contributed by atoms with van der Waals surface area (Å²) in [6, 6.07) is 10.4. The highest BCUT2D eigenvalue weighted by Gasteiger charge is 2.31. The van der Waals surface area contributed by atoms with Crippen LogP contribution >= 0.6 is 0 Å². The molecule has 1 saturated heterocycles. The molecule has 1 aromatic carbocycles. The SMILES string of the molecule is O=C(NO[C@H]1CCCCO1)NC1CC(c2ccccc2)C1. The number of benzene rings is 1. The fourth-order valence-electron chi connectivity index (χ4n) is 2.87. The van der Waals surface area contributed by atoms with Gasteiger partial charge in [-0.2, -0.15) is 0 Å². The molecule has 0 unspecified atom stereocenters. The summed E-state index contributed by atoms with van der Waals surface area (Å²) in [5.74, 6) is 0.555. The number of hydrogen-bond acceptors (Lipinski definition) is 3. The number of hydrogen-bond donors (Lipinski definition) is 2. The standard InChI is InChI=1S/C16H22N2O3/c19-16(18-21-15-8-4-5-9-20-15)17-14-10-13(11-14)12-6-2-1-3-7-12/h1-3,6-7,13-15H,4-5,8-11H2,(H2,17,18,19)/t13?,14?,15-/m0/s1. The average Bonchev–Trinajstić information content (AvgIpc) is 2.50. The van der Waals surface area contributed by atoms with Crippen molar-refractivity contribution in [3.8, 4) is 0 Å². The van der Waals surface area contributed by atoms with Crippen molar-refractivity contribution in [2.45, 2.75) is 50.4 Å². The number of hydroxylamine groups is 1. The first-order valence-electron chi connectivity index (χ1n) is 7.70. The van der Waals surface area contributed by atoms with E-state index >= 15 is 0 Å². The molecule has 0 bridgehead atoms. The Bertz CT molecular complexity index is 454. The van der Waals surface area contributed by atoms with Crippen LogP contribution in [0.1, 0.15) is 43.6 Å². The lowest BCUT2D eigenvalue weighted by molar-refractivity contribution is -0.186. The quantitative estimate of drug-likeness (QED) is 0.838. The Hall–Kier alpha value is -1.59. The van der Waals surface area contributed by atoms with Gasteiger partial charge in [-0.25, -0.2) is 15.1 Å². The molecule has 3 rings (SSSR count). The van der Waals surface area contributed by atoms with E-state index < -0.39 is 0 Å². The summed E-state index contributed by atoms with van der Waals surface area (Å²) in [6.07, 6.45) is 4.64. The maximum atomic E-state index is 11.7. The Balaban J connectivity index is 1.33. The highest BCUT2D eigenvalue weighted by molar-refractivity contribution is 5.73. The van der Waals surface area contributed by atoms with Crippen LogP contribution in [0.3, 0.4) is 0 Å². The Morgan fingerprint density at radius 3 is 2.71 bits per heavy atom. The molecule has 5 heteroatoms. The Kier molecular flexibility index (Phi) is 4.72. The molecular weight excluding hydrogens is 268 g/mol. The summed E-state index contributed by atoms with van der Waals surface area (Å²) in [5, 5.41) is 2.93. The van der Waals surface area contributed by atoms with Crippen molar-refractivity contribution < 1.29 is 14.4 Å². The van der Waals surface area contributed by atoms with E-state index in [-0.39, 0.29) is 18.4 Å². The van der Waals surface area contributed by atoms with Crippen LogP contribution in [-0.4, -0.2) is 25.0 Å². The van der Waals surface area contributed by atoms with Crippen molar-refractivity contribution in [3.05, 3.63) is 35.9 Å². The second kappa shape index (κ2) is 6.91. The van der Waals surface area contributed by atoms with E-state index in [9.17, 15) is 4.79 Å². The highest BCUT2D eigenvalue weighted by atomic mass is 16.8. The van der Waals surface area contributed by atoms with Crippen LogP contribution in [0.2, 0.25) is 0 Å². The van der Waals surface area contributed by atoms with Gasteiger partial charge < -0.3 is 10.1 Å². The molecule has 2 fully saturated rings. The zero-order valence-electron chi connectivity index (χ0n) is 12.1. The van der Waals surface area contributed by atoms with Gasteiger partial charge in [-0.05, 0) is 37.2 Å². The predicted molar refractivity (Wildman–Crippen MR) is 78.5 cm³/mol. The van der Waals surface area contributed by atoms with E-state index in [1.165, 1.54) is 5.56 Å². The van der Waals surface area contributed by atoms with Crippen LogP contribution < -0.4 is 10.8 Å². The van der Waals surface area contributed by atoms with Gasteiger partial charge in [-0.3, -0.25) is 0 Å². The van der Waals surface area contributed by atoms with Crippen LogP contribution in [-0.2, 0) is 9.57 Å². The lowest BCUT2D eigenvalue weighted by atomic mass is 9.76. The Labute approximate surface area is 125 Å². The minimum absolute atomic E-state index is 0.228. The van der Waals surface area contributed by atoms with E-state index in [1.807, 2.05) is 6.07 Å². The van der Waals surface area contributed by atoms with Crippen LogP contribution in [0.4, 0.5) is 4.79 Å². The molecule has 1 aliphatic heterocycles. The molecule has 5 nitrogen and oxygen atoms in total. The van der Waals surface area contributed by atoms with Crippen molar-refractivity contribution in [3.63, 3.8) is 0 Å². The first kappa shape index (κ1) is 14.4. The second-order valence-corrected chi connectivity index (χ2v) is 5.77. The van der Waals surface area contributed by atoms with E-state index in [0.29, 0.717) is 12.5 Å². The van der Waals surface area contributed by atoms with Gasteiger partial charge in [0.05, 0.1) is 0 Å². The Morgan fingerprint density at radius 2 is 2.00 bits per heavy atom. The fraction of sp³-hybridized carbons (Fsp3) is 0.562. The summed E-state index contributed by atoms with van der Waals surface area (Å²) >= 11 is 0. The molecular formula is C16H22N2O3. The average molecular weight is 290 g/mol. The topological polar surface area (TPSA) is 59.6 Å². The third kappa shape index (κ3) is 3.95. The van der Waals surface area contributed by atoms with Gasteiger partial charge in [0, 0.05) is 19.1 Å². The second-order valence-electron chi connectivity index (χ2n) is 5.77. The van der Waals surface area contributed by atoms with Gasteiger partial charge in [0.15, 0.2) is 6.29 Å². The van der Waals surface area contributed by atoms with Gasteiger partial charge in [0.25, 0.3) is 0 Å². The van der Waals surface area contributed by atoms with Gasteiger partial charge in [-0.1, -0.05) is 30.3 Å². The van der Waals surface area contributed by atoms with Gasteiger partial charge in [0.1, 0.15) is 0 Å². The molecule has 2 aliphatic rings. The Morgan fingerprint density at radius 1 is 1.19 bits per heavy atom. The number of ether oxygens (including phenoxy) is 1. The number of carbonyl (C=O) groups excluding carboxylic acids is 1. The van der Waals surface area contributed by atoms with Gasteiger partial charge in [-0.15, -0.1) is 0 Å². The number of nitrogens with one attached hydrogen (secondary N) is 2. The molecule has 1 atom stereocenters. The normalized spacial score (nSPS) is 28.5. The zero-order chi connectivity index (χ0) is 14.5. The minimum atomic E-state index is -0.303. The molecule has 1 saturated carbocycles. The van der Waals surface area contributed by atoms with Crippen molar-refractivity contribution in [1.82, 2.24) is 10.8 Å². The molecule has 1 aromatic rings. The van der Waals surface area contributed by atoms with E-state index in [0.717, 1.165) is 32.1 Å². The first-order chi connectivity index (χ1) is 10.3. The summed E-state index contributed by atoms with van der Waals surface area (Å²) in [6.45, 7) is 0.704. The smallest absolute Gasteiger partial charge is 0.339 e. The molecule has 0 spiro atoms. The maximum absolute atomic E-state index is 11.7. The first-order valence-corrected chi connectivity index (χ1v) is 7.70. The van der Waals surface area contributed by atoms with Crippen LogP contribution in [0, 0.1) is 0 Å². The molecule has 21 heavy (non-hydrogen) atoms. The van der Waals surface area contributed by atoms with Crippen molar-refractivity contribution in [1.29, 1.82) is 0 Å². The number of urea groups is 1. The van der Waals surface area contributed by atoms with Crippen molar-refractivity contribution in [2.75, 3.05) is 6.61 Å². The van der Waals surface area contributed by atoms with Crippen LogP contribution in [0.5, 0.6) is 0 Å². The summed E-state index contributed by atoms with van der Waals surface area (Å²) in [5.41, 5.74) is 3.78. The van der Waals surface area contributed by atoms with Gasteiger partial charge >= 0.3 is 6.03 Å². The van der Waals surface area contributed by atoms with E-state index in [4.69, 9.17) is 9.57 Å². The predicted octanol–water partition coefficient (Wildman–Crippen LogP) is 2.69. The minimum Gasteiger partial charge on any atom is -0.350 e. The molecule has 1 aliphatic carbocycles. The summed E-state index contributed by atoms with van der Waals surface area (Å²) in [4.78, 5) is 17.0.